The summed E-state index contributed by atoms with van der Waals surface area (Å²) in [5.74, 6) is 0.784. The predicted octanol–water partition coefficient (Wildman–Crippen LogP) is 5.42. The molecule has 0 atom stereocenters. The van der Waals surface area contributed by atoms with Crippen LogP contribution in [0.15, 0.2) is 97.2 Å². The summed E-state index contributed by atoms with van der Waals surface area (Å²) in [6, 6.07) is 30.1. The molecule has 0 aliphatic rings. The Hall–Kier alpha value is -3.21. The first-order valence-corrected chi connectivity index (χ1v) is 10.1. The maximum Gasteiger partial charge on any atom is 0.145 e. The van der Waals surface area contributed by atoms with Crippen molar-refractivity contribution < 1.29 is 14.2 Å². The average Bonchev–Trinajstić information content (AvgIpc) is 2.80. The molecule has 0 unspecified atom stereocenters. The molecule has 0 saturated heterocycles. The van der Waals surface area contributed by atoms with Crippen LogP contribution in [-0.2, 0) is 22.7 Å². The van der Waals surface area contributed by atoms with Crippen LogP contribution in [0.2, 0.25) is 0 Å². The molecule has 3 aromatic carbocycles. The number of hydrogen-bond acceptors (Lipinski definition) is 4. The summed E-state index contributed by atoms with van der Waals surface area (Å²) in [5, 5.41) is 1.05. The van der Waals surface area contributed by atoms with Crippen molar-refractivity contribution in [2.45, 2.75) is 19.3 Å². The Morgan fingerprint density at radius 3 is 1.93 bits per heavy atom. The molecule has 152 valence electrons. The summed E-state index contributed by atoms with van der Waals surface area (Å²) in [6.45, 7) is 1.96. The Bertz CT molecular complexity index is 992. The molecule has 0 aliphatic carbocycles. The monoisotopic (exact) mass is 399 g/mol. The SMILES string of the molecule is c1ccc(COCC(COCc2ccccc2)Oc2ccc3ncccc3c2)cc1. The molecule has 1 heterocycles. The maximum atomic E-state index is 6.22. The fourth-order valence-electron chi connectivity index (χ4n) is 3.20. The molecule has 0 saturated carbocycles. The molecule has 4 aromatic rings. The number of nitrogens with zero attached hydrogens (tertiary/aromatic N) is 1. The second-order valence-electron chi connectivity index (χ2n) is 7.10. The Labute approximate surface area is 177 Å². The zero-order valence-electron chi connectivity index (χ0n) is 16.8. The molecular weight excluding hydrogens is 374 g/mol. The van der Waals surface area contributed by atoms with Crippen molar-refractivity contribution >= 4 is 10.9 Å². The first-order chi connectivity index (χ1) is 14.9. The van der Waals surface area contributed by atoms with Gasteiger partial charge in [0.05, 0.1) is 31.9 Å². The highest BCUT2D eigenvalue weighted by molar-refractivity contribution is 5.79. The van der Waals surface area contributed by atoms with Crippen LogP contribution in [0.3, 0.4) is 0 Å². The molecule has 0 spiro atoms. The van der Waals surface area contributed by atoms with Crippen LogP contribution in [0.25, 0.3) is 10.9 Å². The van der Waals surface area contributed by atoms with Gasteiger partial charge in [0.25, 0.3) is 0 Å². The van der Waals surface area contributed by atoms with Gasteiger partial charge in [0.1, 0.15) is 11.9 Å². The molecule has 0 aliphatic heterocycles. The molecule has 4 heteroatoms. The Morgan fingerprint density at radius 1 is 0.667 bits per heavy atom. The van der Waals surface area contributed by atoms with Gasteiger partial charge < -0.3 is 14.2 Å². The van der Waals surface area contributed by atoms with E-state index in [4.69, 9.17) is 14.2 Å². The molecule has 0 fully saturated rings. The van der Waals surface area contributed by atoms with Crippen molar-refractivity contribution in [1.82, 2.24) is 4.98 Å². The molecule has 0 amide bonds. The lowest BCUT2D eigenvalue weighted by Crippen LogP contribution is -2.28. The normalized spacial score (nSPS) is 11.1. The van der Waals surface area contributed by atoms with E-state index in [9.17, 15) is 0 Å². The number of rotatable bonds is 10. The molecule has 4 nitrogen and oxygen atoms in total. The van der Waals surface area contributed by atoms with Gasteiger partial charge in [0, 0.05) is 11.6 Å². The first kappa shape index (κ1) is 20.1. The fraction of sp³-hybridized carbons (Fsp3) is 0.192. The Kier molecular flexibility index (Phi) is 7.05. The smallest absolute Gasteiger partial charge is 0.145 e. The lowest BCUT2D eigenvalue weighted by atomic mass is 10.2. The number of fused-ring (bicyclic) bond motifs is 1. The van der Waals surface area contributed by atoms with Crippen LogP contribution < -0.4 is 4.74 Å². The van der Waals surface area contributed by atoms with E-state index in [-0.39, 0.29) is 6.10 Å². The summed E-state index contributed by atoms with van der Waals surface area (Å²) < 4.78 is 18.1. The highest BCUT2D eigenvalue weighted by Crippen LogP contribution is 2.20. The van der Waals surface area contributed by atoms with Crippen LogP contribution in [0.1, 0.15) is 11.1 Å². The van der Waals surface area contributed by atoms with Gasteiger partial charge in [-0.3, -0.25) is 4.98 Å². The molecule has 0 N–H and O–H groups in total. The quantitative estimate of drug-likeness (QED) is 0.357. The van der Waals surface area contributed by atoms with E-state index in [1.165, 1.54) is 0 Å². The van der Waals surface area contributed by atoms with E-state index in [2.05, 4.69) is 29.2 Å². The van der Waals surface area contributed by atoms with E-state index in [0.717, 1.165) is 27.8 Å². The van der Waals surface area contributed by atoms with Crippen LogP contribution in [-0.4, -0.2) is 24.3 Å². The Balaban J connectivity index is 1.38. The third-order valence-electron chi connectivity index (χ3n) is 4.71. The minimum Gasteiger partial charge on any atom is -0.486 e. The van der Waals surface area contributed by atoms with Crippen LogP contribution >= 0.6 is 0 Å². The van der Waals surface area contributed by atoms with Crippen molar-refractivity contribution in [1.29, 1.82) is 0 Å². The van der Waals surface area contributed by atoms with Crippen molar-refractivity contribution in [3.8, 4) is 5.75 Å². The van der Waals surface area contributed by atoms with Gasteiger partial charge in [-0.25, -0.2) is 0 Å². The Morgan fingerprint density at radius 2 is 1.30 bits per heavy atom. The predicted molar refractivity (Wildman–Crippen MR) is 118 cm³/mol. The summed E-state index contributed by atoms with van der Waals surface area (Å²) in [7, 11) is 0. The summed E-state index contributed by atoms with van der Waals surface area (Å²) in [4.78, 5) is 4.36. The fourth-order valence-corrected chi connectivity index (χ4v) is 3.20. The summed E-state index contributed by atoms with van der Waals surface area (Å²) in [6.07, 6.45) is 1.58. The maximum absolute atomic E-state index is 6.22. The van der Waals surface area contributed by atoms with Crippen LogP contribution in [0.4, 0.5) is 0 Å². The van der Waals surface area contributed by atoms with E-state index < -0.39 is 0 Å². The van der Waals surface area contributed by atoms with Crippen molar-refractivity contribution in [3.05, 3.63) is 108 Å². The number of pyridine rings is 1. The zero-order chi connectivity index (χ0) is 20.4. The largest absolute Gasteiger partial charge is 0.486 e. The third kappa shape index (κ3) is 5.89. The summed E-state index contributed by atoms with van der Waals surface area (Å²) in [5.41, 5.74) is 3.22. The van der Waals surface area contributed by atoms with E-state index >= 15 is 0 Å². The highest BCUT2D eigenvalue weighted by atomic mass is 16.6. The number of aromatic nitrogens is 1. The van der Waals surface area contributed by atoms with Gasteiger partial charge >= 0.3 is 0 Å². The lowest BCUT2D eigenvalue weighted by Gasteiger charge is -2.20. The molecule has 0 radical (unpaired) electrons. The average molecular weight is 399 g/mol. The topological polar surface area (TPSA) is 40.6 Å². The molecule has 1 aromatic heterocycles. The highest BCUT2D eigenvalue weighted by Gasteiger charge is 2.13. The molecule has 30 heavy (non-hydrogen) atoms. The number of benzene rings is 3. The van der Waals surface area contributed by atoms with Gasteiger partial charge in [-0.05, 0) is 35.4 Å². The van der Waals surface area contributed by atoms with E-state index in [0.29, 0.717) is 26.4 Å². The van der Waals surface area contributed by atoms with Gasteiger partial charge in [0.15, 0.2) is 0 Å². The van der Waals surface area contributed by atoms with E-state index in [1.54, 1.807) is 6.20 Å². The van der Waals surface area contributed by atoms with Gasteiger partial charge in [-0.2, -0.15) is 0 Å². The molecular formula is C26H25NO3. The first-order valence-electron chi connectivity index (χ1n) is 10.1. The molecule has 4 rings (SSSR count). The second-order valence-corrected chi connectivity index (χ2v) is 7.10. The van der Waals surface area contributed by atoms with Crippen molar-refractivity contribution in [2.75, 3.05) is 13.2 Å². The standard InChI is InChI=1S/C26H25NO3/c1-3-8-21(9-4-1)17-28-19-25(20-29-18-22-10-5-2-6-11-22)30-24-13-14-26-23(16-24)12-7-15-27-26/h1-16,25H,17-20H2. The minimum absolute atomic E-state index is 0.216. The van der Waals surface area contributed by atoms with Gasteiger partial charge in [-0.15, -0.1) is 0 Å². The molecule has 0 bridgehead atoms. The minimum atomic E-state index is -0.216. The number of hydrogen-bond donors (Lipinski definition) is 0. The summed E-state index contributed by atoms with van der Waals surface area (Å²) >= 11 is 0. The van der Waals surface area contributed by atoms with E-state index in [1.807, 2.05) is 66.7 Å². The van der Waals surface area contributed by atoms with Crippen LogP contribution in [0, 0.1) is 0 Å². The van der Waals surface area contributed by atoms with Crippen LogP contribution in [0.5, 0.6) is 5.75 Å². The van der Waals surface area contributed by atoms with Crippen molar-refractivity contribution in [2.24, 2.45) is 0 Å². The second kappa shape index (κ2) is 10.5. The zero-order valence-corrected chi connectivity index (χ0v) is 16.8. The number of ether oxygens (including phenoxy) is 3. The van der Waals surface area contributed by atoms with Gasteiger partial charge in [-0.1, -0.05) is 66.7 Å². The lowest BCUT2D eigenvalue weighted by molar-refractivity contribution is -0.0156. The van der Waals surface area contributed by atoms with Gasteiger partial charge in [0.2, 0.25) is 0 Å². The van der Waals surface area contributed by atoms with Crippen molar-refractivity contribution in [3.63, 3.8) is 0 Å². The third-order valence-corrected chi connectivity index (χ3v) is 4.71.